The number of amides is 1. The zero-order valence-electron chi connectivity index (χ0n) is 10.4. The Balaban J connectivity index is 2.26. The third kappa shape index (κ3) is 3.63. The number of carbonyl (C=O) groups is 1. The fourth-order valence-corrected chi connectivity index (χ4v) is 2.15. The van der Waals surface area contributed by atoms with E-state index in [-0.39, 0.29) is 21.4 Å². The van der Waals surface area contributed by atoms with E-state index in [0.717, 1.165) is 24.0 Å². The summed E-state index contributed by atoms with van der Waals surface area (Å²) in [5, 5.41) is 0.516. The highest BCUT2D eigenvalue weighted by Gasteiger charge is 2.30. The fourth-order valence-electron chi connectivity index (χ4n) is 1.38. The van der Waals surface area contributed by atoms with Crippen LogP contribution in [0.4, 0.5) is 18.9 Å². The summed E-state index contributed by atoms with van der Waals surface area (Å²) in [5.41, 5.74) is 10.2. The number of anilines is 1. The Morgan fingerprint density at radius 2 is 1.90 bits per heavy atom. The Morgan fingerprint density at radius 3 is 2.43 bits per heavy atom. The molecule has 9 heteroatoms. The lowest BCUT2D eigenvalue weighted by Gasteiger charge is -2.08. The molecule has 0 radical (unpaired) electrons. The molecule has 0 aliphatic heterocycles. The molecule has 2 rings (SSSR count). The molecule has 0 aliphatic carbocycles. The van der Waals surface area contributed by atoms with Crippen molar-refractivity contribution in [3.8, 4) is 0 Å². The molecule has 0 saturated heterocycles. The van der Waals surface area contributed by atoms with E-state index in [0.29, 0.717) is 0 Å². The summed E-state index contributed by atoms with van der Waals surface area (Å²) in [4.78, 5) is 18.7. The Labute approximate surface area is 121 Å². The number of halogens is 3. The van der Waals surface area contributed by atoms with E-state index >= 15 is 0 Å². The van der Waals surface area contributed by atoms with Gasteiger partial charge in [-0.3, -0.25) is 4.79 Å². The summed E-state index contributed by atoms with van der Waals surface area (Å²) >= 11 is 0.943. The summed E-state index contributed by atoms with van der Waals surface area (Å²) in [6.45, 7) is 0. The van der Waals surface area contributed by atoms with Crippen LogP contribution in [0.1, 0.15) is 16.1 Å². The lowest BCUT2D eigenvalue weighted by atomic mass is 10.3. The molecular weight excluding hydrogens is 305 g/mol. The molecule has 5 nitrogen and oxygen atoms in total. The van der Waals surface area contributed by atoms with Crippen molar-refractivity contribution in [2.45, 2.75) is 16.2 Å². The third-order valence-corrected chi connectivity index (χ3v) is 3.38. The molecule has 0 aliphatic rings. The van der Waals surface area contributed by atoms with Crippen molar-refractivity contribution in [3.63, 3.8) is 0 Å². The summed E-state index contributed by atoms with van der Waals surface area (Å²) in [6, 6.07) is 4.91. The van der Waals surface area contributed by atoms with Crippen molar-refractivity contribution < 1.29 is 18.0 Å². The fraction of sp³-hybridized carbons (Fsp3) is 0.0833. The predicted octanol–water partition coefficient (Wildman–Crippen LogP) is 2.33. The first-order chi connectivity index (χ1) is 9.77. The normalized spacial score (nSPS) is 11.4. The number of hydrogen-bond acceptors (Lipinski definition) is 5. The van der Waals surface area contributed by atoms with Gasteiger partial charge in [0, 0.05) is 6.20 Å². The standard InChI is InChI=1S/C12H9F3N4OS/c13-12(14,15)6-1-4-9(18-5-6)21-11-7(16)2-3-8(19-11)10(17)20/h1-5H,16H2,(H2,17,20). The van der Waals surface area contributed by atoms with Gasteiger partial charge in [0.25, 0.3) is 5.91 Å². The molecular formula is C12H9F3N4OS. The van der Waals surface area contributed by atoms with Crippen molar-refractivity contribution in [2.75, 3.05) is 5.73 Å². The van der Waals surface area contributed by atoms with Gasteiger partial charge in [-0.1, -0.05) is 0 Å². The molecule has 2 heterocycles. The Hall–Kier alpha value is -2.29. The third-order valence-electron chi connectivity index (χ3n) is 2.41. The van der Waals surface area contributed by atoms with E-state index in [4.69, 9.17) is 11.5 Å². The molecule has 2 aromatic rings. The molecule has 0 bridgehead atoms. The van der Waals surface area contributed by atoms with E-state index in [2.05, 4.69) is 9.97 Å². The predicted molar refractivity (Wildman–Crippen MR) is 70.5 cm³/mol. The molecule has 1 amide bonds. The number of carbonyl (C=O) groups excluding carboxylic acids is 1. The molecule has 0 spiro atoms. The maximum Gasteiger partial charge on any atom is 0.417 e. The first-order valence-electron chi connectivity index (χ1n) is 5.55. The van der Waals surface area contributed by atoms with Crippen LogP contribution in [0.15, 0.2) is 40.5 Å². The zero-order chi connectivity index (χ0) is 15.6. The number of rotatable bonds is 3. The van der Waals surface area contributed by atoms with E-state index in [9.17, 15) is 18.0 Å². The van der Waals surface area contributed by atoms with Gasteiger partial charge < -0.3 is 11.5 Å². The molecule has 0 saturated carbocycles. The second-order valence-corrected chi connectivity index (χ2v) is 4.95. The minimum absolute atomic E-state index is 0.0126. The molecule has 0 unspecified atom stereocenters. The maximum absolute atomic E-state index is 12.4. The number of nitrogen functional groups attached to an aromatic ring is 1. The van der Waals surface area contributed by atoms with Crippen molar-refractivity contribution in [1.29, 1.82) is 0 Å². The van der Waals surface area contributed by atoms with E-state index in [1.54, 1.807) is 0 Å². The van der Waals surface area contributed by atoms with E-state index in [1.165, 1.54) is 18.2 Å². The number of pyridine rings is 2. The van der Waals surface area contributed by atoms with Crippen molar-refractivity contribution in [3.05, 3.63) is 41.7 Å². The van der Waals surface area contributed by atoms with E-state index in [1.807, 2.05) is 0 Å². The molecule has 21 heavy (non-hydrogen) atoms. The van der Waals surface area contributed by atoms with E-state index < -0.39 is 17.6 Å². The van der Waals surface area contributed by atoms with Gasteiger partial charge in [-0.25, -0.2) is 9.97 Å². The minimum Gasteiger partial charge on any atom is -0.397 e. The largest absolute Gasteiger partial charge is 0.417 e. The van der Waals surface area contributed by atoms with Crippen LogP contribution in [0.2, 0.25) is 0 Å². The highest BCUT2D eigenvalue weighted by Crippen LogP contribution is 2.32. The van der Waals surface area contributed by atoms with Crippen molar-refractivity contribution >= 4 is 23.4 Å². The van der Waals surface area contributed by atoms with Gasteiger partial charge in [0.05, 0.1) is 11.3 Å². The minimum atomic E-state index is -4.45. The zero-order valence-corrected chi connectivity index (χ0v) is 11.2. The lowest BCUT2D eigenvalue weighted by molar-refractivity contribution is -0.137. The molecule has 0 aromatic carbocycles. The topological polar surface area (TPSA) is 94.9 Å². The number of alkyl halides is 3. The summed E-state index contributed by atoms with van der Waals surface area (Å²) < 4.78 is 37.3. The Bertz CT molecular complexity index is 673. The van der Waals surface area contributed by atoms with Gasteiger partial charge in [0.1, 0.15) is 15.7 Å². The van der Waals surface area contributed by atoms with Gasteiger partial charge in [-0.05, 0) is 36.0 Å². The van der Waals surface area contributed by atoms with Crippen molar-refractivity contribution in [1.82, 2.24) is 9.97 Å². The highest BCUT2D eigenvalue weighted by atomic mass is 32.2. The van der Waals surface area contributed by atoms with Crippen LogP contribution in [-0.2, 0) is 6.18 Å². The quantitative estimate of drug-likeness (QED) is 0.906. The highest BCUT2D eigenvalue weighted by molar-refractivity contribution is 7.99. The average molecular weight is 314 g/mol. The van der Waals surface area contributed by atoms with Crippen LogP contribution in [0.25, 0.3) is 0 Å². The van der Waals surface area contributed by atoms with Crippen LogP contribution >= 0.6 is 11.8 Å². The number of aromatic nitrogens is 2. The van der Waals surface area contributed by atoms with Crippen LogP contribution in [0.5, 0.6) is 0 Å². The first-order valence-corrected chi connectivity index (χ1v) is 6.36. The number of nitrogens with zero attached hydrogens (tertiary/aromatic N) is 2. The van der Waals surface area contributed by atoms with Gasteiger partial charge in [-0.2, -0.15) is 13.2 Å². The van der Waals surface area contributed by atoms with Crippen LogP contribution in [0, 0.1) is 0 Å². The molecule has 110 valence electrons. The second kappa shape index (κ2) is 5.60. The number of hydrogen-bond donors (Lipinski definition) is 2. The monoisotopic (exact) mass is 314 g/mol. The van der Waals surface area contributed by atoms with Gasteiger partial charge in [-0.15, -0.1) is 0 Å². The summed E-state index contributed by atoms with van der Waals surface area (Å²) in [7, 11) is 0. The molecule has 0 fully saturated rings. The summed E-state index contributed by atoms with van der Waals surface area (Å²) in [5.74, 6) is -0.725. The molecule has 4 N–H and O–H groups in total. The number of primary amides is 1. The van der Waals surface area contributed by atoms with Crippen LogP contribution in [0.3, 0.4) is 0 Å². The van der Waals surface area contributed by atoms with Crippen molar-refractivity contribution in [2.24, 2.45) is 5.73 Å². The average Bonchev–Trinajstić information content (AvgIpc) is 2.40. The first kappa shape index (κ1) is 15.1. The number of nitrogens with two attached hydrogens (primary N) is 2. The lowest BCUT2D eigenvalue weighted by Crippen LogP contribution is -2.13. The van der Waals surface area contributed by atoms with Gasteiger partial charge in [0.15, 0.2) is 0 Å². The maximum atomic E-state index is 12.4. The summed E-state index contributed by atoms with van der Waals surface area (Å²) in [6.07, 6.45) is -3.73. The SMILES string of the molecule is NC(=O)c1ccc(N)c(Sc2ccc(C(F)(F)F)cn2)n1. The van der Waals surface area contributed by atoms with Gasteiger partial charge >= 0.3 is 6.18 Å². The smallest absolute Gasteiger partial charge is 0.397 e. The Kier molecular flexibility index (Phi) is 4.03. The van der Waals surface area contributed by atoms with Crippen LogP contribution in [-0.4, -0.2) is 15.9 Å². The van der Waals surface area contributed by atoms with Crippen LogP contribution < -0.4 is 11.5 Å². The second-order valence-electron chi connectivity index (χ2n) is 3.94. The van der Waals surface area contributed by atoms with Gasteiger partial charge in [0.2, 0.25) is 0 Å². The Morgan fingerprint density at radius 1 is 1.19 bits per heavy atom. The molecule has 2 aromatic heterocycles. The molecule has 0 atom stereocenters.